The average Bonchev–Trinajstić information content (AvgIpc) is 2.75. The molecule has 2 aromatic carbocycles. The van der Waals surface area contributed by atoms with Gasteiger partial charge in [-0.05, 0) is 56.4 Å². The number of carbonyl (C=O) groups excluding carboxylic acids is 1. The largest absolute Gasteiger partial charge is 0.394 e. The minimum absolute atomic E-state index is 0.0850. The van der Waals surface area contributed by atoms with Crippen molar-refractivity contribution in [3.05, 3.63) is 69.7 Å². The van der Waals surface area contributed by atoms with Gasteiger partial charge in [-0.2, -0.15) is 0 Å². The number of fused-ring (bicyclic) bond motifs is 1. The molecule has 6 heteroatoms. The van der Waals surface area contributed by atoms with Crippen molar-refractivity contribution in [3.8, 4) is 0 Å². The number of aliphatic hydroxyl groups is 1. The van der Waals surface area contributed by atoms with Crippen LogP contribution in [0, 0.1) is 0 Å². The SMILES string of the molecule is CON(C)C(=O)[C@]1(N([C@H](CO)c2ccccc2)C(C)(C)C)CCc2c(Br)cccc2C1. The highest BCUT2D eigenvalue weighted by Gasteiger charge is 2.53. The van der Waals surface area contributed by atoms with Crippen molar-refractivity contribution in [1.29, 1.82) is 0 Å². The van der Waals surface area contributed by atoms with Gasteiger partial charge in [0.15, 0.2) is 0 Å². The Morgan fingerprint density at radius 3 is 2.45 bits per heavy atom. The van der Waals surface area contributed by atoms with Crippen molar-refractivity contribution in [2.75, 3.05) is 20.8 Å². The minimum atomic E-state index is -0.861. The standard InChI is InChI=1S/C25H33BrN2O3/c1-24(2,3)28(22(17-29)18-10-7-6-8-11-18)25(23(30)27(4)31-5)15-14-20-19(16-25)12-9-13-21(20)26/h6-13,22,29H,14-17H2,1-5H3/t22-,25+/m1/s1. The van der Waals surface area contributed by atoms with Gasteiger partial charge in [0.25, 0.3) is 5.91 Å². The van der Waals surface area contributed by atoms with Crippen LogP contribution in [0.25, 0.3) is 0 Å². The summed E-state index contributed by atoms with van der Waals surface area (Å²) in [7, 11) is 3.18. The van der Waals surface area contributed by atoms with E-state index in [1.165, 1.54) is 17.7 Å². The highest BCUT2D eigenvalue weighted by Crippen LogP contribution is 2.45. The molecule has 1 aliphatic rings. The number of halogens is 1. The lowest BCUT2D eigenvalue weighted by molar-refractivity contribution is -0.191. The van der Waals surface area contributed by atoms with Crippen LogP contribution in [0.2, 0.25) is 0 Å². The molecule has 0 bridgehead atoms. The molecule has 31 heavy (non-hydrogen) atoms. The second kappa shape index (κ2) is 9.41. The maximum absolute atomic E-state index is 14.0. The number of hydrogen-bond acceptors (Lipinski definition) is 4. The zero-order valence-corrected chi connectivity index (χ0v) is 20.6. The minimum Gasteiger partial charge on any atom is -0.394 e. The van der Waals surface area contributed by atoms with Gasteiger partial charge in [0.1, 0.15) is 5.54 Å². The number of amides is 1. The van der Waals surface area contributed by atoms with Crippen molar-refractivity contribution in [2.45, 2.75) is 57.2 Å². The smallest absolute Gasteiger partial charge is 0.266 e. The van der Waals surface area contributed by atoms with Gasteiger partial charge in [-0.1, -0.05) is 58.4 Å². The van der Waals surface area contributed by atoms with Gasteiger partial charge in [0, 0.05) is 23.5 Å². The van der Waals surface area contributed by atoms with Gasteiger partial charge < -0.3 is 5.11 Å². The second-order valence-corrected chi connectivity index (χ2v) is 10.1. The molecular formula is C25H33BrN2O3. The molecule has 5 nitrogen and oxygen atoms in total. The molecule has 0 saturated heterocycles. The van der Waals surface area contributed by atoms with E-state index in [1.54, 1.807) is 7.05 Å². The molecule has 0 heterocycles. The van der Waals surface area contributed by atoms with Gasteiger partial charge in [0.05, 0.1) is 19.8 Å². The van der Waals surface area contributed by atoms with Gasteiger partial charge in [0.2, 0.25) is 0 Å². The molecule has 0 saturated carbocycles. The van der Waals surface area contributed by atoms with E-state index in [1.807, 2.05) is 36.4 Å². The van der Waals surface area contributed by atoms with E-state index in [0.29, 0.717) is 12.8 Å². The maximum Gasteiger partial charge on any atom is 0.266 e. The number of rotatable bonds is 6. The topological polar surface area (TPSA) is 53.0 Å². The molecule has 0 radical (unpaired) electrons. The van der Waals surface area contributed by atoms with Crippen LogP contribution < -0.4 is 0 Å². The van der Waals surface area contributed by atoms with Crippen LogP contribution in [0.15, 0.2) is 53.0 Å². The summed E-state index contributed by atoms with van der Waals surface area (Å²) in [6, 6.07) is 15.8. The van der Waals surface area contributed by atoms with Crippen molar-refractivity contribution in [1.82, 2.24) is 9.96 Å². The van der Waals surface area contributed by atoms with Crippen LogP contribution in [0.3, 0.4) is 0 Å². The number of hydrogen-bond donors (Lipinski definition) is 1. The molecule has 1 N–H and O–H groups in total. The Balaban J connectivity index is 2.21. The molecule has 0 fully saturated rings. The first-order valence-electron chi connectivity index (χ1n) is 10.7. The Morgan fingerprint density at radius 2 is 1.87 bits per heavy atom. The molecule has 1 amide bonds. The third kappa shape index (κ3) is 4.58. The zero-order valence-electron chi connectivity index (χ0n) is 19.1. The first-order valence-corrected chi connectivity index (χ1v) is 11.5. The van der Waals surface area contributed by atoms with Crippen LogP contribution in [0.4, 0.5) is 0 Å². The molecular weight excluding hydrogens is 456 g/mol. The van der Waals surface area contributed by atoms with E-state index >= 15 is 0 Å². The Morgan fingerprint density at radius 1 is 1.19 bits per heavy atom. The summed E-state index contributed by atoms with van der Waals surface area (Å²) < 4.78 is 1.08. The number of aliphatic hydroxyl groups excluding tert-OH is 1. The quantitative estimate of drug-likeness (QED) is 0.606. The van der Waals surface area contributed by atoms with Crippen molar-refractivity contribution in [2.24, 2.45) is 0 Å². The van der Waals surface area contributed by atoms with Crippen LogP contribution in [-0.2, 0) is 22.5 Å². The third-order valence-electron chi connectivity index (χ3n) is 6.30. The summed E-state index contributed by atoms with van der Waals surface area (Å²) in [5, 5.41) is 11.9. The third-order valence-corrected chi connectivity index (χ3v) is 7.04. The fourth-order valence-corrected chi connectivity index (χ4v) is 5.68. The molecule has 1 aliphatic carbocycles. The summed E-state index contributed by atoms with van der Waals surface area (Å²) >= 11 is 3.68. The lowest BCUT2D eigenvalue weighted by atomic mass is 9.73. The predicted octanol–water partition coefficient (Wildman–Crippen LogP) is 4.53. The van der Waals surface area contributed by atoms with Crippen LogP contribution in [0.1, 0.15) is 49.9 Å². The monoisotopic (exact) mass is 488 g/mol. The number of carbonyl (C=O) groups is 1. The number of hydroxylamine groups is 2. The fraction of sp³-hybridized carbons (Fsp3) is 0.480. The average molecular weight is 489 g/mol. The summed E-state index contributed by atoms with van der Waals surface area (Å²) in [4.78, 5) is 21.5. The zero-order chi connectivity index (χ0) is 22.8. The normalized spacial score (nSPS) is 19.7. The second-order valence-electron chi connectivity index (χ2n) is 9.22. The molecule has 168 valence electrons. The Bertz CT molecular complexity index is 913. The lowest BCUT2D eigenvalue weighted by Gasteiger charge is -2.55. The summed E-state index contributed by atoms with van der Waals surface area (Å²) in [6.45, 7) is 6.24. The van der Waals surface area contributed by atoms with Gasteiger partial charge >= 0.3 is 0 Å². The number of benzene rings is 2. The van der Waals surface area contributed by atoms with Crippen LogP contribution in [-0.4, -0.2) is 52.8 Å². The van der Waals surface area contributed by atoms with Gasteiger partial charge in [-0.25, -0.2) is 5.06 Å². The van der Waals surface area contributed by atoms with Crippen LogP contribution in [0.5, 0.6) is 0 Å². The van der Waals surface area contributed by atoms with E-state index in [9.17, 15) is 9.90 Å². The van der Waals surface area contributed by atoms with Crippen molar-refractivity contribution < 1.29 is 14.7 Å². The highest BCUT2D eigenvalue weighted by atomic mass is 79.9. The number of likely N-dealkylation sites (N-methyl/N-ethyl adjacent to an activating group) is 1. The molecule has 3 rings (SSSR count). The van der Waals surface area contributed by atoms with Gasteiger partial charge in [-0.15, -0.1) is 0 Å². The lowest BCUT2D eigenvalue weighted by Crippen LogP contribution is -2.67. The maximum atomic E-state index is 14.0. The first kappa shape index (κ1) is 23.9. The van der Waals surface area contributed by atoms with E-state index in [0.717, 1.165) is 22.0 Å². The van der Waals surface area contributed by atoms with E-state index < -0.39 is 11.1 Å². The summed E-state index contributed by atoms with van der Waals surface area (Å²) in [5.74, 6) is -0.0927. The molecule has 0 aliphatic heterocycles. The van der Waals surface area contributed by atoms with Crippen molar-refractivity contribution >= 4 is 21.8 Å². The summed E-state index contributed by atoms with van der Waals surface area (Å²) in [5.41, 5.74) is 2.14. The Labute approximate surface area is 194 Å². The van der Waals surface area contributed by atoms with E-state index in [-0.39, 0.29) is 18.6 Å². The number of nitrogens with zero attached hydrogens (tertiary/aromatic N) is 2. The Kier molecular flexibility index (Phi) is 7.26. The van der Waals surface area contributed by atoms with E-state index in [2.05, 4.69) is 53.7 Å². The summed E-state index contributed by atoms with van der Waals surface area (Å²) in [6.07, 6.45) is 1.95. The van der Waals surface area contributed by atoms with E-state index in [4.69, 9.17) is 4.84 Å². The predicted molar refractivity (Wildman–Crippen MR) is 127 cm³/mol. The fourth-order valence-electron chi connectivity index (χ4n) is 5.07. The molecule has 0 spiro atoms. The highest BCUT2D eigenvalue weighted by molar-refractivity contribution is 9.10. The molecule has 2 aromatic rings. The van der Waals surface area contributed by atoms with Crippen LogP contribution >= 0.6 is 15.9 Å². The molecule has 0 aromatic heterocycles. The van der Waals surface area contributed by atoms with Crippen molar-refractivity contribution in [3.63, 3.8) is 0 Å². The molecule has 0 unspecified atom stereocenters. The molecule has 2 atom stereocenters. The Hall–Kier alpha value is -1.73. The van der Waals surface area contributed by atoms with Gasteiger partial charge in [-0.3, -0.25) is 14.5 Å². The first-order chi connectivity index (χ1) is 14.7.